The summed E-state index contributed by atoms with van der Waals surface area (Å²) in [6.45, 7) is 12.3. The van der Waals surface area contributed by atoms with Crippen LogP contribution in [0.25, 0.3) is 0 Å². The highest BCUT2D eigenvalue weighted by molar-refractivity contribution is 6.62. The number of hydrogen-bond acceptors (Lipinski definition) is 4. The highest BCUT2D eigenvalue weighted by Gasteiger charge is 2.52. The van der Waals surface area contributed by atoms with Gasteiger partial charge >= 0.3 is 7.12 Å². The minimum absolute atomic E-state index is 0.181. The maximum absolute atomic E-state index is 12.3. The van der Waals surface area contributed by atoms with Gasteiger partial charge in [-0.3, -0.25) is 9.63 Å². The Morgan fingerprint density at radius 3 is 2.17 bits per heavy atom. The van der Waals surface area contributed by atoms with Gasteiger partial charge in [-0.05, 0) is 56.8 Å². The summed E-state index contributed by atoms with van der Waals surface area (Å²) in [6, 6.07) is 5.63. The van der Waals surface area contributed by atoms with Crippen LogP contribution in [0.2, 0.25) is 0 Å². The molecule has 2 rings (SSSR count). The second kappa shape index (κ2) is 6.50. The quantitative estimate of drug-likeness (QED) is 0.628. The molecule has 0 radical (unpaired) electrons. The largest absolute Gasteiger partial charge is 0.495 e. The summed E-state index contributed by atoms with van der Waals surface area (Å²) in [5.41, 5.74) is 1.82. The number of carbonyl (C=O) groups excluding carboxylic acids is 1. The molecular weight excluding hydrogens is 305 g/mol. The predicted molar refractivity (Wildman–Crippen MR) is 95.3 cm³/mol. The Labute approximate surface area is 145 Å². The molecule has 0 unspecified atom stereocenters. The summed E-state index contributed by atoms with van der Waals surface area (Å²) < 4.78 is 12.3. The van der Waals surface area contributed by atoms with E-state index in [4.69, 9.17) is 14.1 Å². The van der Waals surface area contributed by atoms with Crippen molar-refractivity contribution in [2.75, 3.05) is 14.2 Å². The van der Waals surface area contributed by atoms with E-state index in [1.54, 1.807) is 13.1 Å². The molecule has 0 saturated carbocycles. The van der Waals surface area contributed by atoms with Gasteiger partial charge < -0.3 is 9.31 Å². The monoisotopic (exact) mass is 333 g/mol. The number of nitrogens with zero attached hydrogens (tertiary/aromatic N) is 1. The first-order chi connectivity index (χ1) is 11.0. The Bertz CT molecular complexity index is 611. The highest BCUT2D eigenvalue weighted by Crippen LogP contribution is 2.37. The van der Waals surface area contributed by atoms with Crippen LogP contribution in [0.5, 0.6) is 0 Å². The minimum Gasteiger partial charge on any atom is -0.399 e. The van der Waals surface area contributed by atoms with Gasteiger partial charge in [0.25, 0.3) is 5.91 Å². The zero-order valence-corrected chi connectivity index (χ0v) is 16.0. The number of benzene rings is 1. The van der Waals surface area contributed by atoms with E-state index < -0.39 is 18.3 Å². The maximum Gasteiger partial charge on any atom is 0.495 e. The van der Waals surface area contributed by atoms with Gasteiger partial charge in [-0.15, -0.1) is 0 Å². The zero-order valence-electron chi connectivity index (χ0n) is 16.0. The standard InChI is InChI=1S/C18H28BNO4/c1-12(2)14-11-13(16(21)20(7)22-8)9-10-15(14)19-23-17(3,4)18(5,6)24-19/h9-12H,1-8H3. The lowest BCUT2D eigenvalue weighted by Crippen LogP contribution is -2.41. The van der Waals surface area contributed by atoms with Crippen LogP contribution in [0.15, 0.2) is 18.2 Å². The minimum atomic E-state index is -0.434. The fourth-order valence-electron chi connectivity index (χ4n) is 2.66. The molecule has 0 atom stereocenters. The lowest BCUT2D eigenvalue weighted by atomic mass is 9.73. The Kier molecular flexibility index (Phi) is 5.14. The first-order valence-electron chi connectivity index (χ1n) is 8.32. The first-order valence-corrected chi connectivity index (χ1v) is 8.32. The van der Waals surface area contributed by atoms with Crippen LogP contribution in [-0.4, -0.2) is 43.4 Å². The number of hydrogen-bond donors (Lipinski definition) is 0. The van der Waals surface area contributed by atoms with Gasteiger partial charge in [-0.2, -0.15) is 0 Å². The van der Waals surface area contributed by atoms with Crippen LogP contribution in [0.4, 0.5) is 0 Å². The van der Waals surface area contributed by atoms with Crippen molar-refractivity contribution in [3.8, 4) is 0 Å². The fourth-order valence-corrected chi connectivity index (χ4v) is 2.66. The molecule has 1 fully saturated rings. The van der Waals surface area contributed by atoms with Crippen molar-refractivity contribution >= 4 is 18.5 Å². The number of rotatable bonds is 4. The van der Waals surface area contributed by atoms with E-state index in [2.05, 4.69) is 13.8 Å². The van der Waals surface area contributed by atoms with Gasteiger partial charge in [-0.1, -0.05) is 19.9 Å². The van der Waals surface area contributed by atoms with Crippen LogP contribution in [0.3, 0.4) is 0 Å². The van der Waals surface area contributed by atoms with Crippen molar-refractivity contribution in [1.82, 2.24) is 5.06 Å². The van der Waals surface area contributed by atoms with E-state index in [1.165, 1.54) is 12.2 Å². The van der Waals surface area contributed by atoms with Crippen molar-refractivity contribution in [3.63, 3.8) is 0 Å². The zero-order chi connectivity index (χ0) is 18.3. The van der Waals surface area contributed by atoms with Crippen LogP contribution in [-0.2, 0) is 14.1 Å². The summed E-state index contributed by atoms with van der Waals surface area (Å²) in [7, 11) is 2.64. The summed E-state index contributed by atoms with van der Waals surface area (Å²) in [4.78, 5) is 17.3. The van der Waals surface area contributed by atoms with Gasteiger partial charge in [0.15, 0.2) is 0 Å². The molecule has 1 aliphatic heterocycles. The molecule has 1 aromatic rings. The Balaban J connectivity index is 2.40. The van der Waals surface area contributed by atoms with Crippen LogP contribution in [0, 0.1) is 0 Å². The Morgan fingerprint density at radius 2 is 1.71 bits per heavy atom. The van der Waals surface area contributed by atoms with Crippen molar-refractivity contribution in [2.45, 2.75) is 58.7 Å². The van der Waals surface area contributed by atoms with E-state index >= 15 is 0 Å². The molecule has 1 saturated heterocycles. The van der Waals surface area contributed by atoms with Crippen molar-refractivity contribution in [3.05, 3.63) is 29.3 Å². The second-order valence-electron chi connectivity index (χ2n) is 7.57. The van der Waals surface area contributed by atoms with Crippen LogP contribution in [0.1, 0.15) is 63.4 Å². The topological polar surface area (TPSA) is 48.0 Å². The van der Waals surface area contributed by atoms with Gasteiger partial charge in [0.1, 0.15) is 0 Å². The summed E-state index contributed by atoms with van der Waals surface area (Å²) in [5.74, 6) is 0.0551. The smallest absolute Gasteiger partial charge is 0.399 e. The van der Waals surface area contributed by atoms with E-state index in [0.29, 0.717) is 5.56 Å². The molecule has 24 heavy (non-hydrogen) atoms. The van der Waals surface area contributed by atoms with E-state index in [1.807, 2.05) is 39.8 Å². The van der Waals surface area contributed by atoms with Gasteiger partial charge in [0.2, 0.25) is 0 Å². The first kappa shape index (κ1) is 19.0. The molecule has 0 bridgehead atoms. The highest BCUT2D eigenvalue weighted by atomic mass is 16.7. The summed E-state index contributed by atoms with van der Waals surface area (Å²) in [5, 5.41) is 1.22. The van der Waals surface area contributed by atoms with Crippen LogP contribution < -0.4 is 5.46 Å². The third kappa shape index (κ3) is 3.36. The number of carbonyl (C=O) groups is 1. The predicted octanol–water partition coefficient (Wildman–Crippen LogP) is 2.74. The van der Waals surface area contributed by atoms with Crippen LogP contribution >= 0.6 is 0 Å². The van der Waals surface area contributed by atoms with E-state index in [-0.39, 0.29) is 11.8 Å². The second-order valence-corrected chi connectivity index (χ2v) is 7.57. The summed E-state index contributed by atoms with van der Waals surface area (Å²) >= 11 is 0. The average Bonchev–Trinajstić information content (AvgIpc) is 2.73. The molecule has 0 spiro atoms. The summed E-state index contributed by atoms with van der Waals surface area (Å²) in [6.07, 6.45) is 0. The fraction of sp³-hybridized carbons (Fsp3) is 0.611. The molecule has 5 nitrogen and oxygen atoms in total. The molecular formula is C18H28BNO4. The lowest BCUT2D eigenvalue weighted by Gasteiger charge is -2.32. The Hall–Kier alpha value is -1.37. The average molecular weight is 333 g/mol. The number of amides is 1. The molecule has 1 aromatic carbocycles. The normalized spacial score (nSPS) is 19.0. The third-order valence-corrected chi connectivity index (χ3v) is 5.02. The molecule has 1 heterocycles. The molecule has 6 heteroatoms. The molecule has 1 aliphatic rings. The maximum atomic E-state index is 12.3. The molecule has 0 N–H and O–H groups in total. The van der Waals surface area contributed by atoms with Gasteiger partial charge in [0.05, 0.1) is 18.3 Å². The third-order valence-electron chi connectivity index (χ3n) is 5.02. The van der Waals surface area contributed by atoms with Crippen molar-refractivity contribution in [2.24, 2.45) is 0 Å². The van der Waals surface area contributed by atoms with Crippen molar-refractivity contribution in [1.29, 1.82) is 0 Å². The van der Waals surface area contributed by atoms with Gasteiger partial charge in [0, 0.05) is 12.6 Å². The van der Waals surface area contributed by atoms with Crippen molar-refractivity contribution < 1.29 is 18.9 Å². The SMILES string of the molecule is CON(C)C(=O)c1ccc(B2OC(C)(C)C(C)(C)O2)c(C(C)C)c1. The van der Waals surface area contributed by atoms with E-state index in [9.17, 15) is 4.79 Å². The molecule has 1 amide bonds. The molecule has 132 valence electrons. The molecule has 0 aromatic heterocycles. The molecule has 0 aliphatic carbocycles. The number of hydroxylamine groups is 2. The van der Waals surface area contributed by atoms with Gasteiger partial charge in [-0.25, -0.2) is 5.06 Å². The Morgan fingerprint density at radius 1 is 1.17 bits per heavy atom. The lowest BCUT2D eigenvalue weighted by molar-refractivity contribution is -0.0757. The van der Waals surface area contributed by atoms with E-state index in [0.717, 1.165) is 11.0 Å².